The average Bonchev–Trinajstić information content (AvgIpc) is 2.61. The molecule has 1 aromatic heterocycles. The van der Waals surface area contributed by atoms with Gasteiger partial charge in [-0.05, 0) is 29.7 Å². The van der Waals surface area contributed by atoms with Crippen LogP contribution in [0, 0.1) is 0 Å². The van der Waals surface area contributed by atoms with Crippen LogP contribution in [0.4, 0.5) is 0 Å². The molecule has 1 aliphatic heterocycles. The van der Waals surface area contributed by atoms with E-state index < -0.39 is 17.9 Å². The number of hydrogen-bond acceptors (Lipinski definition) is 3. The van der Waals surface area contributed by atoms with Gasteiger partial charge >= 0.3 is 5.97 Å². The third-order valence-corrected chi connectivity index (χ3v) is 4.48. The van der Waals surface area contributed by atoms with E-state index in [4.69, 9.17) is 0 Å². The number of benzene rings is 1. The molecule has 0 fully saturated rings. The lowest BCUT2D eigenvalue weighted by atomic mass is 9.80. The summed E-state index contributed by atoms with van der Waals surface area (Å²) in [5.74, 6) is -1.82. The minimum Gasteiger partial charge on any atom is -0.481 e. The number of aliphatic carboxylic acids is 1. The van der Waals surface area contributed by atoms with Crippen LogP contribution in [0.3, 0.4) is 0 Å². The second kappa shape index (κ2) is 6.83. The highest BCUT2D eigenvalue weighted by Crippen LogP contribution is 2.42. The highest BCUT2D eigenvalue weighted by atomic mass is 16.4. The summed E-state index contributed by atoms with van der Waals surface area (Å²) in [5, 5.41) is 9.89. The zero-order valence-electron chi connectivity index (χ0n) is 13.6. The molecule has 0 spiro atoms. The Labute approximate surface area is 140 Å². The summed E-state index contributed by atoms with van der Waals surface area (Å²) in [6, 6.07) is 10.1. The van der Waals surface area contributed by atoms with Crippen LogP contribution in [0.25, 0.3) is 0 Å². The van der Waals surface area contributed by atoms with Crippen LogP contribution in [-0.4, -0.2) is 33.4 Å². The average molecular weight is 324 g/mol. The van der Waals surface area contributed by atoms with E-state index >= 15 is 0 Å². The number of rotatable bonds is 5. The van der Waals surface area contributed by atoms with Crippen molar-refractivity contribution >= 4 is 11.9 Å². The number of hydrogen-bond donors (Lipinski definition) is 1. The molecule has 3 rings (SSSR count). The summed E-state index contributed by atoms with van der Waals surface area (Å²) in [6.45, 7) is 2.59. The van der Waals surface area contributed by atoms with Crippen LogP contribution in [-0.2, 0) is 4.79 Å². The lowest BCUT2D eigenvalue weighted by Crippen LogP contribution is -2.45. The molecular formula is C19H20N2O3. The minimum atomic E-state index is -0.926. The number of carboxylic acids is 1. The number of fused-ring (bicyclic) bond motifs is 1. The van der Waals surface area contributed by atoms with Gasteiger partial charge < -0.3 is 10.0 Å². The number of nitrogens with zero attached hydrogens (tertiary/aromatic N) is 2. The third kappa shape index (κ3) is 2.77. The largest absolute Gasteiger partial charge is 0.481 e. The van der Waals surface area contributed by atoms with Crippen molar-refractivity contribution in [2.24, 2.45) is 0 Å². The minimum absolute atomic E-state index is 0.106. The van der Waals surface area contributed by atoms with Crippen molar-refractivity contribution in [1.29, 1.82) is 0 Å². The number of carbonyl (C=O) groups excluding carboxylic acids is 1. The molecule has 5 heteroatoms. The van der Waals surface area contributed by atoms with E-state index in [0.717, 1.165) is 18.4 Å². The number of carbonyl (C=O) groups is 2. The van der Waals surface area contributed by atoms with Crippen molar-refractivity contribution < 1.29 is 14.7 Å². The van der Waals surface area contributed by atoms with Crippen molar-refractivity contribution in [2.45, 2.75) is 31.7 Å². The molecule has 24 heavy (non-hydrogen) atoms. The summed E-state index contributed by atoms with van der Waals surface area (Å²) >= 11 is 0. The molecule has 2 heterocycles. The molecular weight excluding hydrogens is 304 g/mol. The topological polar surface area (TPSA) is 70.5 Å². The molecule has 2 aromatic rings. The SMILES string of the molecule is CCCCN1C(=O)c2ccccc2[C@@H](C(=O)O)[C@@H]1c1cccnc1. The molecule has 124 valence electrons. The fourth-order valence-electron chi connectivity index (χ4n) is 3.35. The summed E-state index contributed by atoms with van der Waals surface area (Å²) in [6.07, 6.45) is 5.06. The fraction of sp³-hybridized carbons (Fsp3) is 0.316. The number of amides is 1. The van der Waals surface area contributed by atoms with Crippen LogP contribution in [0.2, 0.25) is 0 Å². The van der Waals surface area contributed by atoms with Crippen LogP contribution >= 0.6 is 0 Å². The molecule has 1 amide bonds. The van der Waals surface area contributed by atoms with Gasteiger partial charge in [-0.2, -0.15) is 0 Å². The maximum absolute atomic E-state index is 13.0. The van der Waals surface area contributed by atoms with Gasteiger partial charge in [-0.1, -0.05) is 37.6 Å². The number of aromatic nitrogens is 1. The van der Waals surface area contributed by atoms with E-state index in [2.05, 4.69) is 11.9 Å². The number of pyridine rings is 1. The smallest absolute Gasteiger partial charge is 0.313 e. The van der Waals surface area contributed by atoms with Gasteiger partial charge in [0.15, 0.2) is 0 Å². The first-order chi connectivity index (χ1) is 11.6. The highest BCUT2D eigenvalue weighted by molar-refractivity contribution is 6.00. The first-order valence-corrected chi connectivity index (χ1v) is 8.17. The van der Waals surface area contributed by atoms with Crippen molar-refractivity contribution in [3.63, 3.8) is 0 Å². The normalized spacial score (nSPS) is 19.9. The van der Waals surface area contributed by atoms with Gasteiger partial charge in [-0.3, -0.25) is 14.6 Å². The van der Waals surface area contributed by atoms with E-state index in [1.807, 2.05) is 6.07 Å². The molecule has 0 saturated carbocycles. The number of carboxylic acid groups (broad SMARTS) is 1. The Morgan fingerprint density at radius 2 is 2.04 bits per heavy atom. The quantitative estimate of drug-likeness (QED) is 0.916. The predicted octanol–water partition coefficient (Wildman–Crippen LogP) is 3.25. The molecule has 0 saturated heterocycles. The lowest BCUT2D eigenvalue weighted by Gasteiger charge is -2.40. The van der Waals surface area contributed by atoms with Gasteiger partial charge in [0.25, 0.3) is 5.91 Å². The van der Waals surface area contributed by atoms with Crippen molar-refractivity contribution in [3.05, 3.63) is 65.5 Å². The van der Waals surface area contributed by atoms with Crippen LogP contribution in [0.15, 0.2) is 48.8 Å². The Morgan fingerprint density at radius 3 is 2.71 bits per heavy atom. The van der Waals surface area contributed by atoms with Crippen LogP contribution in [0.1, 0.15) is 53.2 Å². The maximum Gasteiger partial charge on any atom is 0.313 e. The standard InChI is InChI=1S/C19H20N2O3/c1-2-3-11-21-17(13-7-6-10-20-12-13)16(19(23)24)14-8-4-5-9-15(14)18(21)22/h4-10,12,16-17H,2-3,11H2,1H3,(H,23,24)/t16-,17+/m1/s1. The Hall–Kier alpha value is -2.69. The molecule has 0 bridgehead atoms. The first kappa shape index (κ1) is 16.2. The third-order valence-electron chi connectivity index (χ3n) is 4.48. The van der Waals surface area contributed by atoms with Crippen LogP contribution in [0.5, 0.6) is 0 Å². The number of unbranched alkanes of at least 4 members (excludes halogenated alkanes) is 1. The van der Waals surface area contributed by atoms with Crippen LogP contribution < -0.4 is 0 Å². The summed E-state index contributed by atoms with van der Waals surface area (Å²) in [7, 11) is 0. The van der Waals surface area contributed by atoms with E-state index in [0.29, 0.717) is 17.7 Å². The molecule has 2 atom stereocenters. The lowest BCUT2D eigenvalue weighted by molar-refractivity contribution is -0.140. The second-order valence-corrected chi connectivity index (χ2v) is 5.99. The van der Waals surface area contributed by atoms with Gasteiger partial charge in [-0.15, -0.1) is 0 Å². The Kier molecular flexibility index (Phi) is 4.60. The summed E-state index contributed by atoms with van der Waals surface area (Å²) in [4.78, 5) is 30.9. The zero-order chi connectivity index (χ0) is 17.1. The molecule has 0 aliphatic carbocycles. The summed E-state index contributed by atoms with van der Waals surface area (Å²) < 4.78 is 0. The van der Waals surface area contributed by atoms with E-state index in [1.165, 1.54) is 0 Å². The van der Waals surface area contributed by atoms with Gasteiger partial charge in [-0.25, -0.2) is 0 Å². The maximum atomic E-state index is 13.0. The molecule has 1 N–H and O–H groups in total. The Balaban J connectivity index is 2.16. The predicted molar refractivity (Wildman–Crippen MR) is 89.7 cm³/mol. The first-order valence-electron chi connectivity index (χ1n) is 8.17. The van der Waals surface area contributed by atoms with Gasteiger partial charge in [0.1, 0.15) is 5.92 Å². The van der Waals surface area contributed by atoms with Gasteiger partial charge in [0.2, 0.25) is 0 Å². The molecule has 1 aliphatic rings. The Bertz CT molecular complexity index is 745. The van der Waals surface area contributed by atoms with Crippen molar-refractivity contribution in [2.75, 3.05) is 6.54 Å². The monoisotopic (exact) mass is 324 g/mol. The molecule has 1 aromatic carbocycles. The second-order valence-electron chi connectivity index (χ2n) is 5.99. The molecule has 0 radical (unpaired) electrons. The molecule has 0 unspecified atom stereocenters. The summed E-state index contributed by atoms with van der Waals surface area (Å²) in [5.41, 5.74) is 1.82. The van der Waals surface area contributed by atoms with Gasteiger partial charge in [0, 0.05) is 24.5 Å². The van der Waals surface area contributed by atoms with Gasteiger partial charge in [0.05, 0.1) is 6.04 Å². The van der Waals surface area contributed by atoms with E-state index in [9.17, 15) is 14.7 Å². The zero-order valence-corrected chi connectivity index (χ0v) is 13.6. The van der Waals surface area contributed by atoms with E-state index in [-0.39, 0.29) is 5.91 Å². The van der Waals surface area contributed by atoms with Crippen molar-refractivity contribution in [3.8, 4) is 0 Å². The Morgan fingerprint density at radius 1 is 1.25 bits per heavy atom. The van der Waals surface area contributed by atoms with E-state index in [1.54, 1.807) is 47.6 Å². The molecule has 5 nitrogen and oxygen atoms in total. The van der Waals surface area contributed by atoms with Crippen molar-refractivity contribution in [1.82, 2.24) is 9.88 Å². The fourth-order valence-corrected chi connectivity index (χ4v) is 3.35. The highest BCUT2D eigenvalue weighted by Gasteiger charge is 2.43.